The van der Waals surface area contributed by atoms with Crippen LogP contribution in [0.3, 0.4) is 0 Å². The average Bonchev–Trinajstić information content (AvgIpc) is 2.75. The zero-order valence-electron chi connectivity index (χ0n) is 17.4. The highest BCUT2D eigenvalue weighted by molar-refractivity contribution is 6.31. The molecule has 0 aliphatic heterocycles. The lowest BCUT2D eigenvalue weighted by atomic mass is 10.1. The summed E-state index contributed by atoms with van der Waals surface area (Å²) in [5, 5.41) is 9.78. The van der Waals surface area contributed by atoms with Crippen LogP contribution in [0.5, 0.6) is 17.2 Å². The van der Waals surface area contributed by atoms with E-state index in [-0.39, 0.29) is 30.3 Å². The number of esters is 2. The molecule has 0 N–H and O–H groups in total. The number of hydrogen-bond donors (Lipinski definition) is 0. The van der Waals surface area contributed by atoms with Gasteiger partial charge in [-0.1, -0.05) is 17.7 Å². The zero-order valence-corrected chi connectivity index (χ0v) is 18.2. The van der Waals surface area contributed by atoms with Gasteiger partial charge in [-0.25, -0.2) is 9.59 Å². The van der Waals surface area contributed by atoms with Crippen molar-refractivity contribution in [1.82, 2.24) is 0 Å². The molecule has 162 valence electrons. The normalized spacial score (nSPS) is 10.7. The average molecular weight is 444 g/mol. The second kappa shape index (κ2) is 11.6. The summed E-state index contributed by atoms with van der Waals surface area (Å²) in [5.41, 5.74) is 1.19. The van der Waals surface area contributed by atoms with E-state index in [1.54, 1.807) is 44.2 Å². The second-order valence-corrected chi connectivity index (χ2v) is 6.61. The smallest absolute Gasteiger partial charge is 0.349 e. The fourth-order valence-electron chi connectivity index (χ4n) is 2.48. The summed E-state index contributed by atoms with van der Waals surface area (Å²) in [5.74, 6) is -0.371. The van der Waals surface area contributed by atoms with E-state index >= 15 is 0 Å². The molecule has 2 aromatic carbocycles. The molecular weight excluding hydrogens is 422 g/mol. The highest BCUT2D eigenvalue weighted by atomic mass is 35.5. The third kappa shape index (κ3) is 7.05. The van der Waals surface area contributed by atoms with Gasteiger partial charge >= 0.3 is 11.9 Å². The standard InChI is InChI=1S/C23H22ClNO6/c1-4-28-21-12-16(11-17(13-25)23(27)29-5-2)6-9-20(21)31-22(26)14-30-18-7-8-19(24)15(3)10-18/h6-12H,4-5,14H2,1-3H3/b17-11+. The molecule has 0 amide bonds. The summed E-state index contributed by atoms with van der Waals surface area (Å²) in [7, 11) is 0. The molecule has 7 nitrogen and oxygen atoms in total. The molecule has 8 heteroatoms. The van der Waals surface area contributed by atoms with E-state index < -0.39 is 11.9 Å². The number of carbonyl (C=O) groups is 2. The number of carbonyl (C=O) groups excluding carboxylic acids is 2. The Morgan fingerprint density at radius 1 is 1.06 bits per heavy atom. The molecule has 0 radical (unpaired) electrons. The Bertz CT molecular complexity index is 1030. The minimum absolute atomic E-state index is 0.152. The Morgan fingerprint density at radius 2 is 1.84 bits per heavy atom. The van der Waals surface area contributed by atoms with Crippen LogP contribution in [0.25, 0.3) is 6.08 Å². The Balaban J connectivity index is 2.13. The van der Waals surface area contributed by atoms with Crippen molar-refractivity contribution in [3.63, 3.8) is 0 Å². The summed E-state index contributed by atoms with van der Waals surface area (Å²) in [6, 6.07) is 11.5. The highest BCUT2D eigenvalue weighted by Crippen LogP contribution is 2.30. The second-order valence-electron chi connectivity index (χ2n) is 6.20. The van der Waals surface area contributed by atoms with Crippen molar-refractivity contribution in [2.24, 2.45) is 0 Å². The van der Waals surface area contributed by atoms with Crippen LogP contribution in [0.2, 0.25) is 5.02 Å². The number of benzene rings is 2. The molecule has 0 heterocycles. The number of rotatable bonds is 9. The van der Waals surface area contributed by atoms with Crippen LogP contribution in [0, 0.1) is 18.3 Å². The van der Waals surface area contributed by atoms with E-state index in [0.717, 1.165) is 5.56 Å². The number of aryl methyl sites for hydroxylation is 1. The van der Waals surface area contributed by atoms with Crippen LogP contribution in [-0.4, -0.2) is 31.8 Å². The van der Waals surface area contributed by atoms with Crippen molar-refractivity contribution in [1.29, 1.82) is 5.26 Å². The van der Waals surface area contributed by atoms with E-state index in [2.05, 4.69) is 0 Å². The molecule has 0 bridgehead atoms. The Labute approximate surface area is 185 Å². The van der Waals surface area contributed by atoms with Gasteiger partial charge < -0.3 is 18.9 Å². The van der Waals surface area contributed by atoms with E-state index in [4.69, 9.17) is 30.5 Å². The quantitative estimate of drug-likeness (QED) is 0.243. The van der Waals surface area contributed by atoms with Crippen molar-refractivity contribution in [2.45, 2.75) is 20.8 Å². The number of halogens is 1. The SMILES string of the molecule is CCOC(=O)/C(C#N)=C/c1ccc(OC(=O)COc2ccc(Cl)c(C)c2)c(OCC)c1. The number of hydrogen-bond acceptors (Lipinski definition) is 7. The largest absolute Gasteiger partial charge is 0.490 e. The topological polar surface area (TPSA) is 94.9 Å². The summed E-state index contributed by atoms with van der Waals surface area (Å²) in [6.45, 7) is 5.43. The predicted molar refractivity (Wildman–Crippen MR) is 115 cm³/mol. The van der Waals surface area contributed by atoms with E-state index in [1.165, 1.54) is 12.1 Å². The van der Waals surface area contributed by atoms with Crippen molar-refractivity contribution in [3.8, 4) is 23.3 Å². The van der Waals surface area contributed by atoms with Gasteiger partial charge in [-0.3, -0.25) is 0 Å². The molecule has 0 aliphatic rings. The fourth-order valence-corrected chi connectivity index (χ4v) is 2.60. The van der Waals surface area contributed by atoms with E-state index in [9.17, 15) is 14.9 Å². The Kier molecular flexibility index (Phi) is 8.92. The Morgan fingerprint density at radius 3 is 2.48 bits per heavy atom. The monoisotopic (exact) mass is 443 g/mol. The zero-order chi connectivity index (χ0) is 22.8. The summed E-state index contributed by atoms with van der Waals surface area (Å²) < 4.78 is 21.2. The summed E-state index contributed by atoms with van der Waals surface area (Å²) in [6.07, 6.45) is 1.37. The first-order valence-corrected chi connectivity index (χ1v) is 9.91. The van der Waals surface area contributed by atoms with E-state index in [1.807, 2.05) is 13.0 Å². The molecule has 2 rings (SSSR count). The molecule has 2 aromatic rings. The first kappa shape index (κ1) is 23.8. The predicted octanol–water partition coefficient (Wildman–Crippen LogP) is 4.50. The molecular formula is C23H22ClNO6. The maximum Gasteiger partial charge on any atom is 0.349 e. The fraction of sp³-hybridized carbons (Fsp3) is 0.261. The van der Waals surface area contributed by atoms with Crippen LogP contribution in [0.4, 0.5) is 0 Å². The third-order valence-electron chi connectivity index (χ3n) is 3.90. The molecule has 0 spiro atoms. The van der Waals surface area contributed by atoms with Crippen molar-refractivity contribution < 1.29 is 28.5 Å². The molecule has 0 fully saturated rings. The van der Waals surface area contributed by atoms with Gasteiger partial charge in [0.25, 0.3) is 0 Å². The third-order valence-corrected chi connectivity index (χ3v) is 4.33. The lowest BCUT2D eigenvalue weighted by Crippen LogP contribution is -2.18. The maximum absolute atomic E-state index is 12.2. The Hall–Kier alpha value is -3.50. The number of nitriles is 1. The van der Waals surface area contributed by atoms with Gasteiger partial charge in [-0.15, -0.1) is 0 Å². The number of ether oxygens (including phenoxy) is 4. The molecule has 0 unspecified atom stereocenters. The van der Waals surface area contributed by atoms with Crippen molar-refractivity contribution in [2.75, 3.05) is 19.8 Å². The maximum atomic E-state index is 12.2. The van der Waals surface area contributed by atoms with Crippen LogP contribution in [0.1, 0.15) is 25.0 Å². The van der Waals surface area contributed by atoms with Crippen molar-refractivity contribution >= 4 is 29.6 Å². The van der Waals surface area contributed by atoms with Crippen LogP contribution in [-0.2, 0) is 14.3 Å². The van der Waals surface area contributed by atoms with Gasteiger partial charge in [0.1, 0.15) is 17.4 Å². The highest BCUT2D eigenvalue weighted by Gasteiger charge is 2.14. The minimum atomic E-state index is -0.715. The first-order valence-electron chi connectivity index (χ1n) is 9.53. The van der Waals surface area contributed by atoms with Gasteiger partial charge in [-0.05, 0) is 68.3 Å². The van der Waals surface area contributed by atoms with Crippen molar-refractivity contribution in [3.05, 3.63) is 58.1 Å². The van der Waals surface area contributed by atoms with Gasteiger partial charge in [0.2, 0.25) is 0 Å². The van der Waals surface area contributed by atoms with Gasteiger partial charge in [-0.2, -0.15) is 5.26 Å². The molecule has 0 aromatic heterocycles. The molecule has 31 heavy (non-hydrogen) atoms. The minimum Gasteiger partial charge on any atom is -0.490 e. The van der Waals surface area contributed by atoms with E-state index in [0.29, 0.717) is 22.9 Å². The van der Waals surface area contributed by atoms with Crippen LogP contribution in [0.15, 0.2) is 42.0 Å². The van der Waals surface area contributed by atoms with Crippen LogP contribution < -0.4 is 14.2 Å². The van der Waals surface area contributed by atoms with Gasteiger partial charge in [0.05, 0.1) is 13.2 Å². The molecule has 0 saturated carbocycles. The van der Waals surface area contributed by atoms with Crippen LogP contribution >= 0.6 is 11.6 Å². The molecule has 0 atom stereocenters. The van der Waals surface area contributed by atoms with Gasteiger partial charge in [0.15, 0.2) is 18.1 Å². The number of nitrogens with zero attached hydrogens (tertiary/aromatic N) is 1. The van der Waals surface area contributed by atoms with Gasteiger partial charge in [0, 0.05) is 5.02 Å². The first-order chi connectivity index (χ1) is 14.9. The lowest BCUT2D eigenvalue weighted by molar-refractivity contribution is -0.138. The lowest BCUT2D eigenvalue weighted by Gasteiger charge is -2.12. The summed E-state index contributed by atoms with van der Waals surface area (Å²) >= 11 is 5.98. The molecule has 0 aliphatic carbocycles. The molecule has 0 saturated heterocycles. The summed E-state index contributed by atoms with van der Waals surface area (Å²) in [4.78, 5) is 24.0.